The number of thiazole rings is 1. The molecule has 6 nitrogen and oxygen atoms in total. The quantitative estimate of drug-likeness (QED) is 0.455. The van der Waals surface area contributed by atoms with Crippen LogP contribution in [0.3, 0.4) is 0 Å². The molecule has 0 spiro atoms. The lowest BCUT2D eigenvalue weighted by Crippen LogP contribution is -2.28. The molecule has 0 aliphatic carbocycles. The number of hydrogen-bond acceptors (Lipinski definition) is 5. The van der Waals surface area contributed by atoms with Gasteiger partial charge in [0.25, 0.3) is 0 Å². The van der Waals surface area contributed by atoms with Crippen LogP contribution in [0.4, 0.5) is 10.5 Å². The number of thiophene rings is 1. The van der Waals surface area contributed by atoms with Gasteiger partial charge in [-0.05, 0) is 48.2 Å². The first-order valence-electron chi connectivity index (χ1n) is 8.38. The predicted octanol–water partition coefficient (Wildman–Crippen LogP) is 4.70. The minimum Gasteiger partial charge on any atom is -0.332 e. The van der Waals surface area contributed by atoms with E-state index < -0.39 is 0 Å². The Labute approximate surface area is 179 Å². The van der Waals surface area contributed by atoms with Crippen molar-refractivity contribution in [1.82, 2.24) is 14.7 Å². The molecule has 9 heteroatoms. The van der Waals surface area contributed by atoms with Gasteiger partial charge in [-0.25, -0.2) is 9.78 Å². The normalized spacial score (nSPS) is 10.2. The molecule has 0 bridgehead atoms. The number of benzene rings is 1. The van der Waals surface area contributed by atoms with Crippen LogP contribution in [0.25, 0.3) is 4.96 Å². The fraction of sp³-hybridized carbons (Fsp3) is 0.0500. The van der Waals surface area contributed by atoms with Gasteiger partial charge in [-0.1, -0.05) is 11.6 Å². The van der Waals surface area contributed by atoms with Crippen LogP contribution in [0.5, 0.6) is 0 Å². The number of amides is 2. The number of fused-ring (bicyclic) bond motifs is 1. The lowest BCUT2D eigenvalue weighted by atomic mass is 10.2. The van der Waals surface area contributed by atoms with Gasteiger partial charge in [-0.2, -0.15) is 5.26 Å². The zero-order chi connectivity index (χ0) is 20.2. The van der Waals surface area contributed by atoms with Crippen LogP contribution < -0.4 is 10.6 Å². The Morgan fingerprint density at radius 1 is 1.21 bits per heavy atom. The number of imidazole rings is 1. The third kappa shape index (κ3) is 4.41. The van der Waals surface area contributed by atoms with Gasteiger partial charge in [0.2, 0.25) is 0 Å². The number of halogens is 1. The summed E-state index contributed by atoms with van der Waals surface area (Å²) in [6.07, 6.45) is 1.72. The first-order valence-corrected chi connectivity index (χ1v) is 10.5. The summed E-state index contributed by atoms with van der Waals surface area (Å²) in [6, 6.07) is 12.0. The highest BCUT2D eigenvalue weighted by atomic mass is 35.5. The molecule has 0 saturated heterocycles. The smallest absolute Gasteiger partial charge is 0.319 e. The fourth-order valence-electron chi connectivity index (χ4n) is 2.56. The van der Waals surface area contributed by atoms with Gasteiger partial charge in [0, 0.05) is 11.1 Å². The lowest BCUT2D eigenvalue weighted by molar-refractivity contribution is 0.251. The Balaban J connectivity index is 1.45. The van der Waals surface area contributed by atoms with E-state index in [1.807, 2.05) is 28.0 Å². The zero-order valence-electron chi connectivity index (χ0n) is 14.8. The summed E-state index contributed by atoms with van der Waals surface area (Å²) >= 11 is 8.86. The van der Waals surface area contributed by atoms with Crippen molar-refractivity contribution in [1.29, 1.82) is 5.26 Å². The Morgan fingerprint density at radius 2 is 2.03 bits per heavy atom. The van der Waals surface area contributed by atoms with E-state index in [0.717, 1.165) is 21.2 Å². The van der Waals surface area contributed by atoms with Crippen molar-refractivity contribution < 1.29 is 4.79 Å². The topological polar surface area (TPSA) is 82.2 Å². The maximum atomic E-state index is 12.2. The molecule has 0 radical (unpaired) electrons. The van der Waals surface area contributed by atoms with Gasteiger partial charge in [-0.3, -0.25) is 4.40 Å². The van der Waals surface area contributed by atoms with Crippen LogP contribution in [0.15, 0.2) is 48.0 Å². The number of aromatic nitrogens is 2. The number of rotatable bonds is 3. The third-order valence-electron chi connectivity index (χ3n) is 3.91. The molecule has 3 heterocycles. The first kappa shape index (κ1) is 19.0. The third-order valence-corrected chi connectivity index (χ3v) is 5.89. The van der Waals surface area contributed by atoms with E-state index in [1.54, 1.807) is 30.5 Å². The fourth-order valence-corrected chi connectivity index (χ4v) is 4.27. The molecule has 0 fully saturated rings. The largest absolute Gasteiger partial charge is 0.332 e. The molecule has 2 amide bonds. The van der Waals surface area contributed by atoms with E-state index >= 15 is 0 Å². The Kier molecular flexibility index (Phi) is 5.50. The second-order valence-corrected chi connectivity index (χ2v) is 8.39. The van der Waals surface area contributed by atoms with Crippen molar-refractivity contribution in [3.63, 3.8) is 0 Å². The number of carbonyl (C=O) groups excluding carboxylic acids is 1. The van der Waals surface area contributed by atoms with Crippen molar-refractivity contribution in [3.8, 4) is 17.9 Å². The SMILES string of the molecule is N#Cc1ccc(NC(=O)NCc2cnc3scc(C#Cc4ccc(Cl)s4)n23)cc1. The number of urea groups is 1. The molecule has 4 aromatic rings. The second kappa shape index (κ2) is 8.38. The average molecular weight is 438 g/mol. The van der Waals surface area contributed by atoms with Gasteiger partial charge in [0.1, 0.15) is 5.69 Å². The van der Waals surface area contributed by atoms with Crippen LogP contribution in [-0.2, 0) is 6.54 Å². The molecule has 3 aromatic heterocycles. The Bertz CT molecular complexity index is 1280. The van der Waals surface area contributed by atoms with E-state index in [-0.39, 0.29) is 6.03 Å². The molecule has 2 N–H and O–H groups in total. The van der Waals surface area contributed by atoms with Crippen molar-refractivity contribution in [3.05, 3.63) is 74.1 Å². The van der Waals surface area contributed by atoms with E-state index in [2.05, 4.69) is 27.5 Å². The maximum absolute atomic E-state index is 12.2. The lowest BCUT2D eigenvalue weighted by Gasteiger charge is -2.07. The molecule has 1 aromatic carbocycles. The van der Waals surface area contributed by atoms with Gasteiger partial charge in [0.15, 0.2) is 4.96 Å². The molecule has 0 aliphatic heterocycles. The highest BCUT2D eigenvalue weighted by Gasteiger charge is 2.10. The summed E-state index contributed by atoms with van der Waals surface area (Å²) in [5.74, 6) is 6.25. The Hall–Kier alpha value is -3.30. The van der Waals surface area contributed by atoms with Crippen molar-refractivity contribution in [2.45, 2.75) is 6.54 Å². The van der Waals surface area contributed by atoms with Gasteiger partial charge < -0.3 is 10.6 Å². The van der Waals surface area contributed by atoms with Crippen LogP contribution in [-0.4, -0.2) is 15.4 Å². The second-order valence-electron chi connectivity index (χ2n) is 5.84. The van der Waals surface area contributed by atoms with Crippen molar-refractivity contribution in [2.75, 3.05) is 5.32 Å². The standard InChI is InChI=1S/C20H12ClN5OS2/c21-18-8-7-17(29-18)6-5-15-12-28-20-24-11-16(26(15)20)10-23-19(27)25-14-3-1-13(9-22)2-4-14/h1-4,7-8,11-12H,10H2,(H2,23,25,27). The monoisotopic (exact) mass is 437 g/mol. The van der Waals surface area contributed by atoms with Crippen LogP contribution in [0.2, 0.25) is 4.34 Å². The number of nitriles is 1. The van der Waals surface area contributed by atoms with Crippen molar-refractivity contribution in [2.24, 2.45) is 0 Å². The number of carbonyl (C=O) groups is 1. The van der Waals surface area contributed by atoms with Crippen LogP contribution in [0, 0.1) is 23.2 Å². The van der Waals surface area contributed by atoms with Crippen LogP contribution >= 0.6 is 34.3 Å². The van der Waals surface area contributed by atoms with Crippen LogP contribution in [0.1, 0.15) is 21.8 Å². The number of anilines is 1. The predicted molar refractivity (Wildman–Crippen MR) is 115 cm³/mol. The molecule has 4 rings (SSSR count). The number of nitrogens with zero attached hydrogens (tertiary/aromatic N) is 3. The highest BCUT2D eigenvalue weighted by molar-refractivity contribution is 7.16. The van der Waals surface area contributed by atoms with E-state index in [9.17, 15) is 4.79 Å². The first-order chi connectivity index (χ1) is 14.1. The molecule has 29 heavy (non-hydrogen) atoms. The zero-order valence-corrected chi connectivity index (χ0v) is 17.2. The van der Waals surface area contributed by atoms with E-state index in [0.29, 0.717) is 22.1 Å². The summed E-state index contributed by atoms with van der Waals surface area (Å²) in [7, 11) is 0. The van der Waals surface area contributed by atoms with E-state index in [1.165, 1.54) is 22.7 Å². The summed E-state index contributed by atoms with van der Waals surface area (Å²) < 4.78 is 2.63. The van der Waals surface area contributed by atoms with Crippen molar-refractivity contribution >= 4 is 51.0 Å². The summed E-state index contributed by atoms with van der Waals surface area (Å²) in [6.45, 7) is 0.291. The van der Waals surface area contributed by atoms with Gasteiger partial charge in [0.05, 0.1) is 39.3 Å². The Morgan fingerprint density at radius 3 is 2.76 bits per heavy atom. The molecule has 0 aliphatic rings. The number of hydrogen-bond donors (Lipinski definition) is 2. The minimum atomic E-state index is -0.347. The van der Waals surface area contributed by atoms with E-state index in [4.69, 9.17) is 16.9 Å². The highest BCUT2D eigenvalue weighted by Crippen LogP contribution is 2.21. The summed E-state index contributed by atoms with van der Waals surface area (Å²) in [5.41, 5.74) is 2.77. The summed E-state index contributed by atoms with van der Waals surface area (Å²) in [4.78, 5) is 18.2. The molecule has 142 valence electrons. The maximum Gasteiger partial charge on any atom is 0.319 e. The van der Waals surface area contributed by atoms with Gasteiger partial charge in [-0.15, -0.1) is 22.7 Å². The summed E-state index contributed by atoms with van der Waals surface area (Å²) in [5, 5.41) is 16.3. The molecular weight excluding hydrogens is 426 g/mol. The molecule has 0 unspecified atom stereocenters. The number of nitrogens with one attached hydrogen (secondary N) is 2. The minimum absolute atomic E-state index is 0.291. The molecule has 0 saturated carbocycles. The molecular formula is C20H12ClN5OS2. The molecule has 0 atom stereocenters. The van der Waals surface area contributed by atoms with Gasteiger partial charge >= 0.3 is 6.03 Å². The average Bonchev–Trinajstić information content (AvgIpc) is 3.43.